The van der Waals surface area contributed by atoms with E-state index in [0.717, 1.165) is 34.7 Å². The highest BCUT2D eigenvalue weighted by Crippen LogP contribution is 2.34. The number of fused-ring (bicyclic) bond motifs is 2. The topological polar surface area (TPSA) is 90.6 Å². The summed E-state index contributed by atoms with van der Waals surface area (Å²) < 4.78 is 0. The third-order valence-corrected chi connectivity index (χ3v) is 5.26. The molecule has 0 spiro atoms. The third-order valence-electron chi connectivity index (χ3n) is 4.50. The Hall–Kier alpha value is -3.00. The maximum absolute atomic E-state index is 13.0. The number of imidazole rings is 2. The largest absolute Gasteiger partial charge is 0.348 e. The molecule has 25 heavy (non-hydrogen) atoms. The van der Waals surface area contributed by atoms with Crippen molar-refractivity contribution < 1.29 is 4.79 Å². The van der Waals surface area contributed by atoms with E-state index >= 15 is 0 Å². The van der Waals surface area contributed by atoms with E-state index in [1.165, 1.54) is 11.3 Å². The molecule has 0 saturated carbocycles. The van der Waals surface area contributed by atoms with Crippen LogP contribution in [0.1, 0.15) is 32.9 Å². The van der Waals surface area contributed by atoms with Gasteiger partial charge in [-0.15, -0.1) is 11.3 Å². The summed E-state index contributed by atoms with van der Waals surface area (Å²) in [4.78, 5) is 35.2. The minimum absolute atomic E-state index is 0.0402. The van der Waals surface area contributed by atoms with Crippen molar-refractivity contribution in [3.63, 3.8) is 0 Å². The van der Waals surface area contributed by atoms with Crippen LogP contribution in [0.3, 0.4) is 0 Å². The maximum Gasteiger partial charge on any atom is 0.266 e. The van der Waals surface area contributed by atoms with E-state index in [-0.39, 0.29) is 11.9 Å². The van der Waals surface area contributed by atoms with Crippen molar-refractivity contribution in [2.75, 3.05) is 6.54 Å². The number of H-pyrrole nitrogens is 2. The standard InChI is InChI=1S/C17H14N6OS/c24-17(13-7-18-9-25-13)23-6-5-12-14(20-8-19-12)15(23)16-21-10-3-1-2-4-11(10)22-16/h1-4,7-9,15H,5-6H2,(H,19,20)(H,21,22)/t15-/m0/s1. The quantitative estimate of drug-likeness (QED) is 0.581. The number of benzene rings is 1. The number of hydrogen-bond donors (Lipinski definition) is 2. The van der Waals surface area contributed by atoms with Crippen LogP contribution in [0.2, 0.25) is 0 Å². The molecule has 0 saturated heterocycles. The highest BCUT2D eigenvalue weighted by atomic mass is 32.1. The average Bonchev–Trinajstić information content (AvgIpc) is 3.39. The fourth-order valence-corrected chi connectivity index (χ4v) is 3.91. The van der Waals surface area contributed by atoms with Gasteiger partial charge in [-0.05, 0) is 12.1 Å². The Bertz CT molecular complexity index is 1020. The molecule has 0 aliphatic carbocycles. The van der Waals surface area contributed by atoms with Crippen LogP contribution in [0, 0.1) is 0 Å². The molecule has 4 aromatic rings. The smallest absolute Gasteiger partial charge is 0.266 e. The Balaban J connectivity index is 1.64. The van der Waals surface area contributed by atoms with Gasteiger partial charge in [0.1, 0.15) is 16.7 Å². The Morgan fingerprint density at radius 3 is 3.08 bits per heavy atom. The summed E-state index contributed by atoms with van der Waals surface area (Å²) in [5.41, 5.74) is 5.41. The van der Waals surface area contributed by atoms with Crippen LogP contribution in [0.15, 0.2) is 42.3 Å². The summed E-state index contributed by atoms with van der Waals surface area (Å²) in [6, 6.07) is 7.52. The van der Waals surface area contributed by atoms with Gasteiger partial charge in [-0.2, -0.15) is 0 Å². The van der Waals surface area contributed by atoms with Crippen LogP contribution in [0.4, 0.5) is 0 Å². The van der Waals surface area contributed by atoms with Crippen LogP contribution in [0.5, 0.6) is 0 Å². The summed E-state index contributed by atoms with van der Waals surface area (Å²) >= 11 is 1.35. The third kappa shape index (κ3) is 2.25. The molecule has 1 aromatic carbocycles. The van der Waals surface area contributed by atoms with Gasteiger partial charge in [-0.25, -0.2) is 9.97 Å². The molecule has 1 atom stereocenters. The lowest BCUT2D eigenvalue weighted by atomic mass is 10.0. The molecule has 0 unspecified atom stereocenters. The maximum atomic E-state index is 13.0. The molecule has 5 rings (SSSR count). The van der Waals surface area contributed by atoms with Gasteiger partial charge in [0, 0.05) is 18.7 Å². The van der Waals surface area contributed by atoms with E-state index in [4.69, 9.17) is 4.98 Å². The van der Waals surface area contributed by atoms with Crippen molar-refractivity contribution in [1.82, 2.24) is 29.8 Å². The number of rotatable bonds is 2. The summed E-state index contributed by atoms with van der Waals surface area (Å²) in [6.45, 7) is 0.605. The number of aromatic amines is 2. The van der Waals surface area contributed by atoms with Crippen molar-refractivity contribution in [2.45, 2.75) is 12.5 Å². The Labute approximate surface area is 146 Å². The number of hydrogen-bond acceptors (Lipinski definition) is 5. The van der Waals surface area contributed by atoms with E-state index in [2.05, 4.69) is 19.9 Å². The van der Waals surface area contributed by atoms with E-state index < -0.39 is 0 Å². The lowest BCUT2D eigenvalue weighted by Crippen LogP contribution is -2.41. The van der Waals surface area contributed by atoms with Gasteiger partial charge in [-0.3, -0.25) is 9.78 Å². The fraction of sp³-hybridized carbons (Fsp3) is 0.176. The minimum Gasteiger partial charge on any atom is -0.348 e. The average molecular weight is 350 g/mol. The van der Waals surface area contributed by atoms with Crippen LogP contribution < -0.4 is 0 Å². The highest BCUT2D eigenvalue weighted by molar-refractivity contribution is 7.11. The molecular weight excluding hydrogens is 336 g/mol. The first-order valence-corrected chi connectivity index (χ1v) is 8.85. The molecule has 1 amide bonds. The number of carbonyl (C=O) groups is 1. The second-order valence-electron chi connectivity index (χ2n) is 5.92. The van der Waals surface area contributed by atoms with Crippen molar-refractivity contribution in [1.29, 1.82) is 0 Å². The van der Waals surface area contributed by atoms with Crippen molar-refractivity contribution >= 4 is 28.3 Å². The lowest BCUT2D eigenvalue weighted by molar-refractivity contribution is 0.0689. The molecule has 4 heterocycles. The summed E-state index contributed by atoms with van der Waals surface area (Å²) in [6.07, 6.45) is 4.04. The summed E-state index contributed by atoms with van der Waals surface area (Å²) in [5.74, 6) is 0.689. The molecule has 1 aliphatic rings. The van der Waals surface area contributed by atoms with E-state index in [1.54, 1.807) is 18.0 Å². The molecule has 1 aliphatic heterocycles. The number of thiazole rings is 1. The second kappa shape index (κ2) is 5.52. The molecule has 8 heteroatoms. The molecule has 0 radical (unpaired) electrons. The first-order chi connectivity index (χ1) is 12.3. The molecule has 2 N–H and O–H groups in total. The van der Waals surface area contributed by atoms with Crippen LogP contribution >= 0.6 is 11.3 Å². The van der Waals surface area contributed by atoms with Crippen LogP contribution in [0.25, 0.3) is 11.0 Å². The first-order valence-electron chi connectivity index (χ1n) is 7.97. The SMILES string of the molecule is O=C(c1cncs1)N1CCc2[nH]cnc2[C@H]1c1nc2ccccc2[nH]1. The summed E-state index contributed by atoms with van der Waals surface area (Å²) in [5, 5.41) is 0. The van der Waals surface area contributed by atoms with E-state index in [9.17, 15) is 4.79 Å². The van der Waals surface area contributed by atoms with Crippen molar-refractivity contribution in [3.05, 3.63) is 64.4 Å². The second-order valence-corrected chi connectivity index (χ2v) is 6.81. The zero-order valence-corrected chi connectivity index (χ0v) is 14.0. The van der Waals surface area contributed by atoms with E-state index in [0.29, 0.717) is 11.4 Å². The van der Waals surface area contributed by atoms with Crippen molar-refractivity contribution in [2.24, 2.45) is 0 Å². The first kappa shape index (κ1) is 14.4. The Morgan fingerprint density at radius 2 is 2.24 bits per heavy atom. The summed E-state index contributed by atoms with van der Waals surface area (Å²) in [7, 11) is 0. The van der Waals surface area contributed by atoms with Gasteiger partial charge in [0.05, 0.1) is 34.8 Å². The van der Waals surface area contributed by atoms with Gasteiger partial charge in [-0.1, -0.05) is 12.1 Å². The van der Waals surface area contributed by atoms with Crippen molar-refractivity contribution in [3.8, 4) is 0 Å². The monoisotopic (exact) mass is 350 g/mol. The zero-order chi connectivity index (χ0) is 16.8. The van der Waals surface area contributed by atoms with Gasteiger partial charge < -0.3 is 14.9 Å². The Morgan fingerprint density at radius 1 is 1.32 bits per heavy atom. The molecule has 3 aromatic heterocycles. The van der Waals surface area contributed by atoms with Gasteiger partial charge in [0.2, 0.25) is 0 Å². The highest BCUT2D eigenvalue weighted by Gasteiger charge is 2.36. The number of para-hydroxylation sites is 2. The number of carbonyl (C=O) groups excluding carboxylic acids is 1. The minimum atomic E-state index is -0.336. The number of amides is 1. The molecule has 124 valence electrons. The van der Waals surface area contributed by atoms with Gasteiger partial charge in [0.15, 0.2) is 0 Å². The molecule has 7 nitrogen and oxygen atoms in total. The van der Waals surface area contributed by atoms with Gasteiger partial charge in [0.25, 0.3) is 5.91 Å². The Kier molecular flexibility index (Phi) is 3.17. The number of aromatic nitrogens is 5. The van der Waals surface area contributed by atoms with Crippen LogP contribution in [-0.2, 0) is 6.42 Å². The predicted octanol–water partition coefficient (Wildman–Crippen LogP) is 2.53. The fourth-order valence-electron chi connectivity index (χ4n) is 3.34. The number of nitrogens with one attached hydrogen (secondary N) is 2. The normalized spacial score (nSPS) is 17.0. The molecule has 0 bridgehead atoms. The van der Waals surface area contributed by atoms with Gasteiger partial charge >= 0.3 is 0 Å². The predicted molar refractivity (Wildman–Crippen MR) is 93.4 cm³/mol. The van der Waals surface area contributed by atoms with Crippen LogP contribution in [-0.4, -0.2) is 42.3 Å². The number of nitrogens with zero attached hydrogens (tertiary/aromatic N) is 4. The molecule has 0 fully saturated rings. The zero-order valence-electron chi connectivity index (χ0n) is 13.1. The van der Waals surface area contributed by atoms with E-state index in [1.807, 2.05) is 29.2 Å². The lowest BCUT2D eigenvalue weighted by Gasteiger charge is -2.33. The molecular formula is C17H14N6OS.